The molecule has 0 atom stereocenters. The minimum atomic E-state index is -0.000181. The summed E-state index contributed by atoms with van der Waals surface area (Å²) in [5, 5.41) is 14.5. The zero-order valence-electron chi connectivity index (χ0n) is 15.8. The average Bonchev–Trinajstić information content (AvgIpc) is 3.25. The van der Waals surface area contributed by atoms with Crippen molar-refractivity contribution in [3.05, 3.63) is 60.9 Å². The maximum absolute atomic E-state index is 12.6. The third-order valence-electron chi connectivity index (χ3n) is 5.20. The van der Waals surface area contributed by atoms with Crippen LogP contribution in [0.25, 0.3) is 16.4 Å². The number of nitrogens with zero attached hydrogens (tertiary/aromatic N) is 6. The number of piperazine rings is 1. The molecule has 1 aliphatic rings. The molecule has 1 amide bonds. The number of hydrogen-bond donors (Lipinski definition) is 0. The molecular formula is C21H20N6O2. The third-order valence-corrected chi connectivity index (χ3v) is 5.20. The molecule has 0 unspecified atom stereocenters. The van der Waals surface area contributed by atoms with E-state index < -0.39 is 0 Å². The summed E-state index contributed by atoms with van der Waals surface area (Å²) >= 11 is 0. The predicted molar refractivity (Wildman–Crippen MR) is 109 cm³/mol. The highest BCUT2D eigenvalue weighted by Crippen LogP contribution is 2.25. The number of amides is 1. The number of anilines is 1. The van der Waals surface area contributed by atoms with Crippen molar-refractivity contribution in [1.82, 2.24) is 24.7 Å². The number of fused-ring (bicyclic) bond motifs is 2. The Morgan fingerprint density at radius 3 is 2.69 bits per heavy atom. The monoisotopic (exact) mass is 388 g/mol. The van der Waals surface area contributed by atoms with E-state index in [0.717, 1.165) is 35.4 Å². The Balaban J connectivity index is 1.20. The van der Waals surface area contributed by atoms with Crippen molar-refractivity contribution < 1.29 is 9.53 Å². The second kappa shape index (κ2) is 7.38. The minimum Gasteiger partial charge on any atom is -0.483 e. The van der Waals surface area contributed by atoms with E-state index in [4.69, 9.17) is 4.74 Å². The Labute approximate surface area is 167 Å². The second-order valence-corrected chi connectivity index (χ2v) is 6.96. The molecule has 8 heteroatoms. The van der Waals surface area contributed by atoms with Crippen LogP contribution in [0.1, 0.15) is 0 Å². The van der Waals surface area contributed by atoms with Crippen molar-refractivity contribution in [2.24, 2.45) is 0 Å². The van der Waals surface area contributed by atoms with Crippen LogP contribution in [0, 0.1) is 0 Å². The predicted octanol–water partition coefficient (Wildman–Crippen LogP) is 2.01. The van der Waals surface area contributed by atoms with E-state index in [0.29, 0.717) is 18.7 Å². The van der Waals surface area contributed by atoms with E-state index in [1.807, 2.05) is 59.5 Å². The van der Waals surface area contributed by atoms with Crippen molar-refractivity contribution in [2.45, 2.75) is 0 Å². The van der Waals surface area contributed by atoms with Crippen LogP contribution in [0.4, 0.5) is 5.82 Å². The number of carbonyl (C=O) groups excluding carboxylic acids is 1. The topological polar surface area (TPSA) is 75.9 Å². The van der Waals surface area contributed by atoms with Gasteiger partial charge < -0.3 is 14.5 Å². The van der Waals surface area contributed by atoms with Crippen molar-refractivity contribution in [1.29, 1.82) is 0 Å². The maximum Gasteiger partial charge on any atom is 0.260 e. The molecule has 4 aromatic rings. The molecule has 0 N–H and O–H groups in total. The standard InChI is InChI=1S/C21H20N6O2/c28-21(14-29-18-7-3-5-16-4-1-2-6-17(16)18)26-12-10-25(11-13-26)20-9-8-19-23-22-15-27(19)24-20/h1-9,15H,10-14H2. The zero-order valence-corrected chi connectivity index (χ0v) is 15.8. The van der Waals surface area contributed by atoms with E-state index in [9.17, 15) is 4.79 Å². The van der Waals surface area contributed by atoms with Gasteiger partial charge >= 0.3 is 0 Å². The molecule has 1 saturated heterocycles. The molecule has 2 aromatic heterocycles. The first-order valence-electron chi connectivity index (χ1n) is 9.58. The Morgan fingerprint density at radius 1 is 0.966 bits per heavy atom. The summed E-state index contributed by atoms with van der Waals surface area (Å²) in [6.45, 7) is 2.76. The summed E-state index contributed by atoms with van der Waals surface area (Å²) in [6, 6.07) is 17.7. The summed E-state index contributed by atoms with van der Waals surface area (Å²) < 4.78 is 7.51. The summed E-state index contributed by atoms with van der Waals surface area (Å²) in [7, 11) is 0. The van der Waals surface area contributed by atoms with Gasteiger partial charge in [-0.15, -0.1) is 15.3 Å². The van der Waals surface area contributed by atoms with Crippen molar-refractivity contribution in [3.63, 3.8) is 0 Å². The first-order chi connectivity index (χ1) is 14.3. The van der Waals surface area contributed by atoms with Crippen LogP contribution in [0.2, 0.25) is 0 Å². The Morgan fingerprint density at radius 2 is 1.79 bits per heavy atom. The van der Waals surface area contributed by atoms with E-state index in [-0.39, 0.29) is 12.5 Å². The normalized spacial score (nSPS) is 14.5. The summed E-state index contributed by atoms with van der Waals surface area (Å²) in [6.07, 6.45) is 1.59. The first kappa shape index (κ1) is 17.4. The quantitative estimate of drug-likeness (QED) is 0.532. The van der Waals surface area contributed by atoms with Gasteiger partial charge in [0, 0.05) is 31.6 Å². The SMILES string of the molecule is O=C(COc1cccc2ccccc12)N1CCN(c2ccc3nncn3n2)CC1. The van der Waals surface area contributed by atoms with Gasteiger partial charge in [0.05, 0.1) is 0 Å². The van der Waals surface area contributed by atoms with Gasteiger partial charge in [-0.05, 0) is 23.6 Å². The summed E-state index contributed by atoms with van der Waals surface area (Å²) in [5.41, 5.74) is 0.716. The number of ether oxygens (including phenoxy) is 1. The lowest BCUT2D eigenvalue weighted by molar-refractivity contribution is -0.133. The van der Waals surface area contributed by atoms with Crippen LogP contribution in [0.3, 0.4) is 0 Å². The lowest BCUT2D eigenvalue weighted by Crippen LogP contribution is -2.50. The largest absolute Gasteiger partial charge is 0.483 e. The number of hydrogen-bond acceptors (Lipinski definition) is 6. The van der Waals surface area contributed by atoms with Gasteiger partial charge in [-0.2, -0.15) is 4.52 Å². The van der Waals surface area contributed by atoms with Crippen molar-refractivity contribution in [2.75, 3.05) is 37.7 Å². The lowest BCUT2D eigenvalue weighted by atomic mass is 10.1. The minimum absolute atomic E-state index is 0.000181. The van der Waals surface area contributed by atoms with Gasteiger partial charge in [0.1, 0.15) is 17.9 Å². The molecule has 2 aromatic carbocycles. The van der Waals surface area contributed by atoms with Gasteiger partial charge in [-0.3, -0.25) is 4.79 Å². The average molecular weight is 388 g/mol. The fraction of sp³-hybridized carbons (Fsp3) is 0.238. The van der Waals surface area contributed by atoms with E-state index in [2.05, 4.69) is 20.2 Å². The zero-order chi connectivity index (χ0) is 19.6. The maximum atomic E-state index is 12.6. The summed E-state index contributed by atoms with van der Waals surface area (Å²) in [4.78, 5) is 16.6. The fourth-order valence-corrected chi connectivity index (χ4v) is 3.62. The van der Waals surface area contributed by atoms with Gasteiger partial charge in [0.15, 0.2) is 12.3 Å². The molecule has 8 nitrogen and oxygen atoms in total. The van der Waals surface area contributed by atoms with E-state index in [1.54, 1.807) is 10.8 Å². The van der Waals surface area contributed by atoms with Crippen molar-refractivity contribution >= 4 is 28.1 Å². The molecule has 0 radical (unpaired) electrons. The molecule has 3 heterocycles. The third kappa shape index (κ3) is 3.44. The Bertz CT molecular complexity index is 1160. The van der Waals surface area contributed by atoms with Crippen LogP contribution >= 0.6 is 0 Å². The lowest BCUT2D eigenvalue weighted by Gasteiger charge is -2.35. The fourth-order valence-electron chi connectivity index (χ4n) is 3.62. The molecule has 0 bridgehead atoms. The van der Waals surface area contributed by atoms with E-state index in [1.165, 1.54) is 0 Å². The number of carbonyl (C=O) groups is 1. The van der Waals surface area contributed by atoms with E-state index >= 15 is 0 Å². The van der Waals surface area contributed by atoms with Gasteiger partial charge in [0.25, 0.3) is 5.91 Å². The highest BCUT2D eigenvalue weighted by molar-refractivity contribution is 5.88. The van der Waals surface area contributed by atoms with Gasteiger partial charge in [0.2, 0.25) is 0 Å². The molecule has 1 fully saturated rings. The number of aromatic nitrogens is 4. The van der Waals surface area contributed by atoms with Crippen LogP contribution < -0.4 is 9.64 Å². The summed E-state index contributed by atoms with van der Waals surface area (Å²) in [5.74, 6) is 1.60. The number of benzene rings is 2. The molecule has 0 saturated carbocycles. The van der Waals surface area contributed by atoms with Gasteiger partial charge in [-0.25, -0.2) is 0 Å². The molecule has 0 aliphatic carbocycles. The molecule has 1 aliphatic heterocycles. The second-order valence-electron chi connectivity index (χ2n) is 6.96. The first-order valence-corrected chi connectivity index (χ1v) is 9.58. The molecule has 5 rings (SSSR count). The van der Waals surface area contributed by atoms with Crippen LogP contribution in [-0.4, -0.2) is 63.4 Å². The Hall–Kier alpha value is -3.68. The smallest absolute Gasteiger partial charge is 0.260 e. The Kier molecular flexibility index (Phi) is 4.44. The number of rotatable bonds is 4. The van der Waals surface area contributed by atoms with Gasteiger partial charge in [-0.1, -0.05) is 36.4 Å². The van der Waals surface area contributed by atoms with Crippen LogP contribution in [0.5, 0.6) is 5.75 Å². The highest BCUT2D eigenvalue weighted by Gasteiger charge is 2.22. The molecule has 0 spiro atoms. The molecular weight excluding hydrogens is 368 g/mol. The molecule has 146 valence electrons. The molecule has 29 heavy (non-hydrogen) atoms. The van der Waals surface area contributed by atoms with Crippen molar-refractivity contribution in [3.8, 4) is 5.75 Å². The highest BCUT2D eigenvalue weighted by atomic mass is 16.5. The van der Waals surface area contributed by atoms with Crippen LogP contribution in [0.15, 0.2) is 60.9 Å². The van der Waals surface area contributed by atoms with Crippen LogP contribution in [-0.2, 0) is 4.79 Å².